The third-order valence-corrected chi connectivity index (χ3v) is 1.81. The molecule has 5 nitrogen and oxygen atoms in total. The summed E-state index contributed by atoms with van der Waals surface area (Å²) >= 11 is 0. The molecule has 0 aromatic carbocycles. The largest absolute Gasteiger partial charge is 0.313 e. The molecular weight excluding hydrogens is 218 g/mol. The van der Waals surface area contributed by atoms with Gasteiger partial charge in [0.2, 0.25) is 0 Å². The average molecular weight is 224 g/mol. The fourth-order valence-corrected chi connectivity index (χ4v) is 1.11. The summed E-state index contributed by atoms with van der Waals surface area (Å²) in [5.74, 6) is 0.00361. The highest BCUT2D eigenvalue weighted by Gasteiger charge is 2.11. The maximum Gasteiger partial charge on any atom is 0.280 e. The number of nitrogens with zero attached hydrogens (tertiary/aromatic N) is 3. The molecule has 2 rings (SSSR count). The number of halogens is 2. The van der Waals surface area contributed by atoms with Gasteiger partial charge in [-0.1, -0.05) is 0 Å². The normalized spacial score (nSPS) is 10.7. The molecule has 0 aliphatic heterocycles. The van der Waals surface area contributed by atoms with Gasteiger partial charge in [0.1, 0.15) is 11.4 Å². The molecule has 2 heterocycles. The van der Waals surface area contributed by atoms with E-state index in [0.29, 0.717) is 0 Å². The van der Waals surface area contributed by atoms with Gasteiger partial charge in [-0.25, -0.2) is 23.7 Å². The van der Waals surface area contributed by atoms with Crippen molar-refractivity contribution in [1.82, 2.24) is 19.9 Å². The van der Waals surface area contributed by atoms with Gasteiger partial charge in [0.05, 0.1) is 6.33 Å². The quantitative estimate of drug-likeness (QED) is 0.830. The van der Waals surface area contributed by atoms with Crippen molar-refractivity contribution >= 4 is 0 Å². The van der Waals surface area contributed by atoms with E-state index in [1.807, 2.05) is 0 Å². The molecule has 0 radical (unpaired) electrons. The Morgan fingerprint density at radius 1 is 1.31 bits per heavy atom. The number of hydrogen-bond acceptors (Lipinski definition) is 4. The predicted octanol–water partition coefficient (Wildman–Crippen LogP) is 1.16. The van der Waals surface area contributed by atoms with Crippen molar-refractivity contribution < 1.29 is 8.78 Å². The molecule has 0 amide bonds. The van der Waals surface area contributed by atoms with Crippen molar-refractivity contribution in [3.8, 4) is 11.5 Å². The average Bonchev–Trinajstić information content (AvgIpc) is 2.29. The number of nitrogens with one attached hydrogen (secondary N) is 1. The number of rotatable bonds is 2. The number of aromatic amines is 1. The van der Waals surface area contributed by atoms with Gasteiger partial charge in [0.15, 0.2) is 5.82 Å². The Kier molecular flexibility index (Phi) is 2.67. The maximum absolute atomic E-state index is 12.4. The van der Waals surface area contributed by atoms with Crippen LogP contribution in [0.25, 0.3) is 11.5 Å². The number of alkyl halides is 2. The van der Waals surface area contributed by atoms with Crippen molar-refractivity contribution in [2.45, 2.75) is 6.43 Å². The first-order valence-corrected chi connectivity index (χ1v) is 4.33. The van der Waals surface area contributed by atoms with E-state index in [4.69, 9.17) is 0 Å². The molecule has 82 valence electrons. The highest BCUT2D eigenvalue weighted by molar-refractivity contribution is 5.47. The van der Waals surface area contributed by atoms with Gasteiger partial charge in [-0.15, -0.1) is 0 Å². The van der Waals surface area contributed by atoms with Crippen LogP contribution < -0.4 is 5.56 Å². The first-order valence-electron chi connectivity index (χ1n) is 4.33. The second-order valence-electron chi connectivity index (χ2n) is 2.90. The minimum Gasteiger partial charge on any atom is -0.313 e. The molecule has 2 aromatic heterocycles. The Labute approximate surface area is 88.2 Å². The molecule has 0 saturated carbocycles. The molecule has 0 atom stereocenters. The zero-order chi connectivity index (χ0) is 11.5. The summed E-state index contributed by atoms with van der Waals surface area (Å²) in [6, 6.07) is 2.26. The fourth-order valence-electron chi connectivity index (χ4n) is 1.11. The lowest BCUT2D eigenvalue weighted by molar-refractivity contribution is 0.146. The lowest BCUT2D eigenvalue weighted by Crippen LogP contribution is -2.06. The van der Waals surface area contributed by atoms with Crippen LogP contribution in [0.1, 0.15) is 12.1 Å². The molecule has 16 heavy (non-hydrogen) atoms. The highest BCUT2D eigenvalue weighted by atomic mass is 19.3. The van der Waals surface area contributed by atoms with E-state index in [9.17, 15) is 13.6 Å². The molecule has 0 aliphatic rings. The maximum atomic E-state index is 12.4. The lowest BCUT2D eigenvalue weighted by Gasteiger charge is -2.01. The number of hydrogen-bond donors (Lipinski definition) is 1. The molecule has 0 bridgehead atoms. The van der Waals surface area contributed by atoms with E-state index in [-0.39, 0.29) is 11.5 Å². The molecule has 0 spiro atoms. The minimum absolute atomic E-state index is 0.00361. The highest BCUT2D eigenvalue weighted by Crippen LogP contribution is 2.17. The van der Waals surface area contributed by atoms with Crippen molar-refractivity contribution in [2.24, 2.45) is 0 Å². The van der Waals surface area contributed by atoms with E-state index in [1.54, 1.807) is 0 Å². The van der Waals surface area contributed by atoms with Crippen molar-refractivity contribution in [3.63, 3.8) is 0 Å². The van der Waals surface area contributed by atoms with E-state index >= 15 is 0 Å². The van der Waals surface area contributed by atoms with Crippen LogP contribution in [0.2, 0.25) is 0 Å². The summed E-state index contributed by atoms with van der Waals surface area (Å²) in [5.41, 5.74) is -0.630. The molecule has 0 saturated heterocycles. The van der Waals surface area contributed by atoms with Crippen LogP contribution in [0.15, 0.2) is 29.5 Å². The van der Waals surface area contributed by atoms with E-state index in [0.717, 1.165) is 18.5 Å². The molecule has 1 N–H and O–H groups in total. The Morgan fingerprint density at radius 3 is 2.81 bits per heavy atom. The van der Waals surface area contributed by atoms with Gasteiger partial charge in [-0.2, -0.15) is 0 Å². The van der Waals surface area contributed by atoms with E-state index in [2.05, 4.69) is 19.9 Å². The summed E-state index contributed by atoms with van der Waals surface area (Å²) in [4.78, 5) is 24.5. The van der Waals surface area contributed by atoms with Crippen LogP contribution in [-0.2, 0) is 0 Å². The summed E-state index contributed by atoms with van der Waals surface area (Å²) < 4.78 is 24.7. The smallest absolute Gasteiger partial charge is 0.280 e. The standard InChI is InChI=1S/C9H6F2N4O/c10-8(11)5-1-2-12-9(15-5)6-3-7(16)14-4-13-6/h1-4,8H,(H,13,14,16). The zero-order valence-corrected chi connectivity index (χ0v) is 7.89. The summed E-state index contributed by atoms with van der Waals surface area (Å²) in [6.45, 7) is 0. The minimum atomic E-state index is -2.68. The third kappa shape index (κ3) is 2.08. The zero-order valence-electron chi connectivity index (χ0n) is 7.89. The summed E-state index contributed by atoms with van der Waals surface area (Å²) in [5, 5.41) is 0. The van der Waals surface area contributed by atoms with Gasteiger partial charge in [-0.3, -0.25) is 4.79 Å². The van der Waals surface area contributed by atoms with Crippen molar-refractivity contribution in [3.05, 3.63) is 40.7 Å². The molecule has 0 unspecified atom stereocenters. The van der Waals surface area contributed by atoms with Crippen LogP contribution >= 0.6 is 0 Å². The van der Waals surface area contributed by atoms with Gasteiger partial charge >= 0.3 is 0 Å². The molecule has 0 fully saturated rings. The summed E-state index contributed by atoms with van der Waals surface area (Å²) in [7, 11) is 0. The number of H-pyrrole nitrogens is 1. The Balaban J connectivity index is 2.48. The lowest BCUT2D eigenvalue weighted by atomic mass is 10.3. The van der Waals surface area contributed by atoms with Gasteiger partial charge < -0.3 is 4.98 Å². The van der Waals surface area contributed by atoms with Gasteiger partial charge in [0, 0.05) is 12.3 Å². The van der Waals surface area contributed by atoms with E-state index < -0.39 is 17.7 Å². The van der Waals surface area contributed by atoms with Crippen LogP contribution in [-0.4, -0.2) is 19.9 Å². The Morgan fingerprint density at radius 2 is 2.12 bits per heavy atom. The van der Waals surface area contributed by atoms with Gasteiger partial charge in [0.25, 0.3) is 12.0 Å². The molecule has 2 aromatic rings. The van der Waals surface area contributed by atoms with Gasteiger partial charge in [-0.05, 0) is 6.07 Å². The first kappa shape index (κ1) is 10.3. The second-order valence-corrected chi connectivity index (χ2v) is 2.90. The van der Waals surface area contributed by atoms with Crippen LogP contribution in [0, 0.1) is 0 Å². The fraction of sp³-hybridized carbons (Fsp3) is 0.111. The monoisotopic (exact) mass is 224 g/mol. The SMILES string of the molecule is O=c1cc(-c2nccc(C(F)F)n2)nc[nH]1. The Hall–Kier alpha value is -2.18. The number of aromatic nitrogens is 4. The van der Waals surface area contributed by atoms with Crippen molar-refractivity contribution in [2.75, 3.05) is 0 Å². The van der Waals surface area contributed by atoms with E-state index in [1.165, 1.54) is 6.20 Å². The van der Waals surface area contributed by atoms with Crippen LogP contribution in [0.4, 0.5) is 8.78 Å². The molecule has 7 heteroatoms. The first-order chi connectivity index (χ1) is 7.66. The molecule has 0 aliphatic carbocycles. The van der Waals surface area contributed by atoms with Crippen LogP contribution in [0.5, 0.6) is 0 Å². The predicted molar refractivity (Wildman–Crippen MR) is 50.8 cm³/mol. The Bertz CT molecular complexity index is 555. The third-order valence-electron chi connectivity index (χ3n) is 1.81. The van der Waals surface area contributed by atoms with Crippen molar-refractivity contribution in [1.29, 1.82) is 0 Å². The molecular formula is C9H6F2N4O. The summed E-state index contributed by atoms with van der Waals surface area (Å²) in [6.07, 6.45) is -0.313. The second kappa shape index (κ2) is 4.13. The van der Waals surface area contributed by atoms with Crippen LogP contribution in [0.3, 0.4) is 0 Å². The topological polar surface area (TPSA) is 71.5 Å².